The molecule has 1 unspecified atom stereocenters. The predicted octanol–water partition coefficient (Wildman–Crippen LogP) is 0.509. The highest BCUT2D eigenvalue weighted by atomic mass is 32.2. The van der Waals surface area contributed by atoms with Crippen molar-refractivity contribution in [2.45, 2.75) is 28.3 Å². The van der Waals surface area contributed by atoms with Crippen molar-refractivity contribution in [3.05, 3.63) is 62.4 Å². The fourth-order valence-corrected chi connectivity index (χ4v) is 4.77. The number of sulfonamides is 2. The number of nitro groups is 2. The molecule has 2 aliphatic heterocycles. The number of primary sulfonamides is 2. The van der Waals surface area contributed by atoms with Crippen LogP contribution in [0.25, 0.3) is 0 Å². The predicted molar refractivity (Wildman–Crippen MR) is 127 cm³/mol. The Balaban J connectivity index is 0.000000233. The summed E-state index contributed by atoms with van der Waals surface area (Å²) in [4.78, 5) is 21.3. The standard InChI is InChI=1S/C13H18N4O5S.C6H5FN2O4S/c14-23(20,21)11-1-2-12(13(5-11)17(18)19)15-9-6-16(7-9)10-3-4-22-8-10;7-5-2-1-4(14(8,12)13)3-6(5)9(10)11/h1-2,5,9-10,15H,3-4,6-8H2,(H2,14,20,21);1-3H,(H2,8,12,13). The Bertz CT molecular complexity index is 1410. The molecular formula is C19H23FN6O9S2. The van der Waals surface area contributed by atoms with Crippen LogP contribution < -0.4 is 15.6 Å². The first-order valence-corrected chi connectivity index (χ1v) is 13.6. The van der Waals surface area contributed by atoms with Crippen LogP contribution in [-0.2, 0) is 24.8 Å². The minimum atomic E-state index is -4.05. The average Bonchev–Trinajstić information content (AvgIpc) is 3.29. The van der Waals surface area contributed by atoms with E-state index in [0.717, 1.165) is 44.9 Å². The molecule has 0 radical (unpaired) electrons. The van der Waals surface area contributed by atoms with Crippen molar-refractivity contribution in [1.82, 2.24) is 4.90 Å². The molecule has 2 heterocycles. The van der Waals surface area contributed by atoms with E-state index in [1.165, 1.54) is 12.1 Å². The molecule has 202 valence electrons. The van der Waals surface area contributed by atoms with Gasteiger partial charge in [-0.15, -0.1) is 0 Å². The molecule has 37 heavy (non-hydrogen) atoms. The molecule has 0 aromatic heterocycles. The molecule has 0 amide bonds. The minimum Gasteiger partial charge on any atom is -0.380 e. The zero-order chi connectivity index (χ0) is 27.5. The number of hydrogen-bond donors (Lipinski definition) is 3. The third-order valence-corrected chi connectivity index (χ3v) is 7.45. The van der Waals surface area contributed by atoms with E-state index in [9.17, 15) is 41.5 Å². The third kappa shape index (κ3) is 7.14. The smallest absolute Gasteiger partial charge is 0.306 e. The lowest BCUT2D eigenvalue weighted by atomic mass is 10.0. The van der Waals surface area contributed by atoms with Crippen molar-refractivity contribution in [3.63, 3.8) is 0 Å². The molecule has 2 saturated heterocycles. The summed E-state index contributed by atoms with van der Waals surface area (Å²) in [6, 6.07) is 6.27. The number of hydrogen-bond acceptors (Lipinski definition) is 11. The van der Waals surface area contributed by atoms with Gasteiger partial charge in [-0.2, -0.15) is 4.39 Å². The highest BCUT2D eigenvalue weighted by molar-refractivity contribution is 7.89. The number of nitrogens with two attached hydrogens (primary N) is 2. The second kappa shape index (κ2) is 11.0. The van der Waals surface area contributed by atoms with Gasteiger partial charge in [0, 0.05) is 37.9 Å². The fourth-order valence-electron chi connectivity index (χ4n) is 3.70. The van der Waals surface area contributed by atoms with Crippen LogP contribution in [0.15, 0.2) is 46.2 Å². The summed E-state index contributed by atoms with van der Waals surface area (Å²) in [6.45, 7) is 3.07. The zero-order valence-electron chi connectivity index (χ0n) is 19.0. The summed E-state index contributed by atoms with van der Waals surface area (Å²) < 4.78 is 62.2. The Morgan fingerprint density at radius 1 is 0.946 bits per heavy atom. The first-order chi connectivity index (χ1) is 17.2. The number of nitro benzene ring substituents is 2. The van der Waals surface area contributed by atoms with Crippen LogP contribution in [0.1, 0.15) is 6.42 Å². The SMILES string of the molecule is NS(=O)(=O)c1ccc(F)c([N+](=O)[O-])c1.NS(=O)(=O)c1ccc(NC2CN(C3CCOC3)C2)c([N+](=O)[O-])c1. The second-order valence-corrected chi connectivity index (χ2v) is 11.3. The monoisotopic (exact) mass is 562 g/mol. The number of benzene rings is 2. The lowest BCUT2D eigenvalue weighted by Gasteiger charge is -2.43. The van der Waals surface area contributed by atoms with Gasteiger partial charge < -0.3 is 10.1 Å². The maximum Gasteiger partial charge on any atom is 0.306 e. The fraction of sp³-hybridized carbons (Fsp3) is 0.368. The Hall–Kier alpha value is -3.29. The molecule has 18 heteroatoms. The van der Waals surface area contributed by atoms with Crippen molar-refractivity contribution in [2.75, 3.05) is 31.6 Å². The molecule has 2 aromatic rings. The van der Waals surface area contributed by atoms with E-state index in [4.69, 9.17) is 15.0 Å². The van der Waals surface area contributed by atoms with Crippen molar-refractivity contribution >= 4 is 37.1 Å². The van der Waals surface area contributed by atoms with E-state index in [0.29, 0.717) is 23.9 Å². The largest absolute Gasteiger partial charge is 0.380 e. The summed E-state index contributed by atoms with van der Waals surface area (Å²) >= 11 is 0. The van der Waals surface area contributed by atoms with Gasteiger partial charge in [-0.3, -0.25) is 25.1 Å². The summed E-state index contributed by atoms with van der Waals surface area (Å²) in [5, 5.41) is 34.2. The maximum absolute atomic E-state index is 12.7. The topological polar surface area (TPSA) is 231 Å². The summed E-state index contributed by atoms with van der Waals surface area (Å²) in [6.07, 6.45) is 1.01. The van der Waals surface area contributed by atoms with Crippen molar-refractivity contribution in [3.8, 4) is 0 Å². The first-order valence-electron chi connectivity index (χ1n) is 10.5. The summed E-state index contributed by atoms with van der Waals surface area (Å²) in [5.74, 6) is -1.11. The molecule has 2 aromatic carbocycles. The molecule has 4 rings (SSSR count). The number of halogens is 1. The van der Waals surface area contributed by atoms with E-state index < -0.39 is 46.3 Å². The summed E-state index contributed by atoms with van der Waals surface area (Å²) in [5.41, 5.74) is -0.912. The Kier molecular flexibility index (Phi) is 8.40. The molecule has 5 N–H and O–H groups in total. The van der Waals surface area contributed by atoms with Crippen LogP contribution >= 0.6 is 0 Å². The van der Waals surface area contributed by atoms with Gasteiger partial charge in [0.1, 0.15) is 5.69 Å². The lowest BCUT2D eigenvalue weighted by Crippen LogP contribution is -2.58. The van der Waals surface area contributed by atoms with E-state index in [2.05, 4.69) is 10.2 Å². The highest BCUT2D eigenvalue weighted by Gasteiger charge is 2.35. The lowest BCUT2D eigenvalue weighted by molar-refractivity contribution is -0.387. The third-order valence-electron chi connectivity index (χ3n) is 5.63. The number of nitrogens with one attached hydrogen (secondary N) is 1. The van der Waals surface area contributed by atoms with Crippen molar-refractivity contribution < 1.29 is 35.8 Å². The summed E-state index contributed by atoms with van der Waals surface area (Å²) in [7, 11) is -8.02. The maximum atomic E-state index is 12.7. The van der Waals surface area contributed by atoms with E-state index in [1.807, 2.05) is 0 Å². The van der Waals surface area contributed by atoms with Crippen LogP contribution in [0.4, 0.5) is 21.5 Å². The Labute approximate surface area is 210 Å². The van der Waals surface area contributed by atoms with Crippen molar-refractivity contribution in [1.29, 1.82) is 0 Å². The zero-order valence-corrected chi connectivity index (χ0v) is 20.7. The van der Waals surface area contributed by atoms with Crippen LogP contribution in [0.3, 0.4) is 0 Å². The van der Waals surface area contributed by atoms with Gasteiger partial charge in [-0.05, 0) is 30.7 Å². The van der Waals surface area contributed by atoms with Gasteiger partial charge in [0.15, 0.2) is 0 Å². The van der Waals surface area contributed by atoms with Gasteiger partial charge in [-0.1, -0.05) is 0 Å². The molecule has 2 fully saturated rings. The molecule has 15 nitrogen and oxygen atoms in total. The van der Waals surface area contributed by atoms with E-state index in [-0.39, 0.29) is 16.6 Å². The number of ether oxygens (including phenoxy) is 1. The van der Waals surface area contributed by atoms with Crippen LogP contribution in [0, 0.1) is 26.0 Å². The number of likely N-dealkylation sites (tertiary alicyclic amines) is 1. The first kappa shape index (κ1) is 28.3. The minimum absolute atomic E-state index is 0.0923. The highest BCUT2D eigenvalue weighted by Crippen LogP contribution is 2.30. The molecular weight excluding hydrogens is 539 g/mol. The molecule has 2 aliphatic rings. The van der Waals surface area contributed by atoms with Gasteiger partial charge in [0.25, 0.3) is 5.69 Å². The van der Waals surface area contributed by atoms with Gasteiger partial charge in [-0.25, -0.2) is 27.1 Å². The molecule has 0 saturated carbocycles. The van der Waals surface area contributed by atoms with Crippen LogP contribution in [-0.4, -0.2) is 70.0 Å². The molecule has 1 atom stereocenters. The molecule has 0 spiro atoms. The van der Waals surface area contributed by atoms with Crippen molar-refractivity contribution in [2.24, 2.45) is 10.3 Å². The number of nitrogens with zero attached hydrogens (tertiary/aromatic N) is 3. The molecule has 0 aliphatic carbocycles. The normalized spacial score (nSPS) is 18.4. The molecule has 0 bridgehead atoms. The van der Waals surface area contributed by atoms with E-state index >= 15 is 0 Å². The quantitative estimate of drug-likeness (QED) is 0.311. The second-order valence-electron chi connectivity index (χ2n) is 8.21. The van der Waals surface area contributed by atoms with Gasteiger partial charge in [0.2, 0.25) is 25.9 Å². The Morgan fingerprint density at radius 3 is 1.97 bits per heavy atom. The number of rotatable bonds is 7. The van der Waals surface area contributed by atoms with Crippen LogP contribution in [0.2, 0.25) is 0 Å². The van der Waals surface area contributed by atoms with Gasteiger partial charge >= 0.3 is 5.69 Å². The number of anilines is 1. The average molecular weight is 563 g/mol. The van der Waals surface area contributed by atoms with Gasteiger partial charge in [0.05, 0.1) is 32.3 Å². The Morgan fingerprint density at radius 2 is 1.49 bits per heavy atom. The van der Waals surface area contributed by atoms with Crippen LogP contribution in [0.5, 0.6) is 0 Å². The van der Waals surface area contributed by atoms with E-state index in [1.54, 1.807) is 0 Å².